The molecular weight excluding hydrogens is 220 g/mol. The van der Waals surface area contributed by atoms with E-state index in [4.69, 9.17) is 11.6 Å². The van der Waals surface area contributed by atoms with Crippen LogP contribution in [0.3, 0.4) is 0 Å². The molecule has 1 aromatic carbocycles. The molecule has 2 rings (SSSR count). The molecule has 0 aromatic heterocycles. The van der Waals surface area contributed by atoms with Crippen molar-refractivity contribution in [3.8, 4) is 0 Å². The van der Waals surface area contributed by atoms with E-state index in [9.17, 15) is 0 Å². The summed E-state index contributed by atoms with van der Waals surface area (Å²) in [5, 5.41) is 4.08. The normalized spacial score (nSPS) is 15.2. The van der Waals surface area contributed by atoms with Gasteiger partial charge in [0.05, 0.1) is 10.7 Å². The molecule has 0 aliphatic heterocycles. The fourth-order valence-electron chi connectivity index (χ4n) is 2.20. The maximum atomic E-state index is 6.34. The Bertz CT molecular complexity index is 361. The summed E-state index contributed by atoms with van der Waals surface area (Å²) in [6.07, 6.45) is 2.61. The molecule has 0 saturated heterocycles. The lowest BCUT2D eigenvalue weighted by Gasteiger charge is -2.26. The quantitative estimate of drug-likeness (QED) is 0.848. The minimum absolute atomic E-state index is 0.709. The van der Waals surface area contributed by atoms with Gasteiger partial charge in [-0.15, -0.1) is 0 Å². The van der Waals surface area contributed by atoms with Gasteiger partial charge >= 0.3 is 0 Å². The van der Waals surface area contributed by atoms with Crippen molar-refractivity contribution in [3.63, 3.8) is 0 Å². The number of nitrogens with zero attached hydrogens (tertiary/aromatic N) is 1. The van der Waals surface area contributed by atoms with E-state index >= 15 is 0 Å². The fourth-order valence-corrected chi connectivity index (χ4v) is 2.50. The molecule has 2 nitrogen and oxygen atoms in total. The molecule has 1 aromatic rings. The number of anilines is 1. The van der Waals surface area contributed by atoms with Crippen LogP contribution in [0, 0.1) is 0 Å². The number of nitrogens with one attached hydrogen (secondary N) is 1. The number of rotatable bonds is 5. The summed E-state index contributed by atoms with van der Waals surface area (Å²) in [6.45, 7) is 4.11. The van der Waals surface area contributed by atoms with Crippen LogP contribution in [0.1, 0.15) is 25.3 Å². The van der Waals surface area contributed by atoms with Crippen LogP contribution in [0.2, 0.25) is 5.02 Å². The number of hydrogen-bond acceptors (Lipinski definition) is 2. The summed E-state index contributed by atoms with van der Waals surface area (Å²) in [5.41, 5.74) is 2.52. The van der Waals surface area contributed by atoms with Crippen LogP contribution >= 0.6 is 11.6 Å². The van der Waals surface area contributed by atoms with Gasteiger partial charge in [0, 0.05) is 19.1 Å². The molecule has 0 radical (unpaired) electrons. The lowest BCUT2D eigenvalue weighted by Crippen LogP contribution is -2.27. The fraction of sp³-hybridized carbons (Fsp3) is 0.538. The molecule has 1 N–H and O–H groups in total. The molecule has 0 heterocycles. The number of halogens is 1. The van der Waals surface area contributed by atoms with E-state index in [2.05, 4.69) is 23.2 Å². The highest BCUT2D eigenvalue weighted by Crippen LogP contribution is 2.37. The topological polar surface area (TPSA) is 15.3 Å². The second kappa shape index (κ2) is 5.07. The molecule has 1 saturated carbocycles. The third kappa shape index (κ3) is 2.33. The monoisotopic (exact) mass is 238 g/mol. The standard InChI is InChI=1S/C13H19ClN2/c1-3-16(11-7-8-11)13-10(9-15-2)5-4-6-12(13)14/h4-6,11,15H,3,7-9H2,1-2H3. The molecular formula is C13H19ClN2. The smallest absolute Gasteiger partial charge is 0.0643 e. The Kier molecular flexibility index (Phi) is 3.72. The zero-order chi connectivity index (χ0) is 11.5. The van der Waals surface area contributed by atoms with Crippen LogP contribution in [0.4, 0.5) is 5.69 Å². The van der Waals surface area contributed by atoms with Crippen LogP contribution in [-0.2, 0) is 6.54 Å². The van der Waals surface area contributed by atoms with Crippen molar-refractivity contribution in [2.75, 3.05) is 18.5 Å². The molecule has 16 heavy (non-hydrogen) atoms. The third-order valence-corrected chi connectivity index (χ3v) is 3.36. The number of para-hydroxylation sites is 1. The largest absolute Gasteiger partial charge is 0.367 e. The molecule has 3 heteroatoms. The number of benzene rings is 1. The predicted octanol–water partition coefficient (Wildman–Crippen LogP) is 3.05. The van der Waals surface area contributed by atoms with E-state index in [1.54, 1.807) is 0 Å². The first-order valence-corrected chi connectivity index (χ1v) is 6.34. The molecule has 1 aliphatic rings. The average Bonchev–Trinajstić information content (AvgIpc) is 3.07. The zero-order valence-corrected chi connectivity index (χ0v) is 10.7. The highest BCUT2D eigenvalue weighted by atomic mass is 35.5. The van der Waals surface area contributed by atoms with E-state index in [0.717, 1.165) is 18.1 Å². The second-order valence-electron chi connectivity index (χ2n) is 4.30. The molecule has 0 bridgehead atoms. The summed E-state index contributed by atoms with van der Waals surface area (Å²) in [6, 6.07) is 6.88. The second-order valence-corrected chi connectivity index (χ2v) is 4.70. The maximum absolute atomic E-state index is 6.34. The molecule has 0 amide bonds. The van der Waals surface area contributed by atoms with Gasteiger partial charge in [-0.1, -0.05) is 23.7 Å². The molecule has 0 spiro atoms. The van der Waals surface area contributed by atoms with Gasteiger partial charge in [-0.05, 0) is 38.4 Å². The summed E-state index contributed by atoms with van der Waals surface area (Å²) in [4.78, 5) is 2.44. The lowest BCUT2D eigenvalue weighted by molar-refractivity contribution is 0.782. The van der Waals surface area contributed by atoms with Gasteiger partial charge in [-0.2, -0.15) is 0 Å². The van der Waals surface area contributed by atoms with Gasteiger partial charge in [-0.3, -0.25) is 0 Å². The minimum Gasteiger partial charge on any atom is -0.367 e. The molecule has 0 unspecified atom stereocenters. The zero-order valence-electron chi connectivity index (χ0n) is 9.96. The van der Waals surface area contributed by atoms with Crippen molar-refractivity contribution in [2.45, 2.75) is 32.4 Å². The molecule has 88 valence electrons. The van der Waals surface area contributed by atoms with Crippen molar-refractivity contribution in [2.24, 2.45) is 0 Å². The first-order valence-electron chi connectivity index (χ1n) is 5.96. The summed E-state index contributed by atoms with van der Waals surface area (Å²) in [7, 11) is 1.97. The highest BCUT2D eigenvalue weighted by molar-refractivity contribution is 6.33. The van der Waals surface area contributed by atoms with Crippen molar-refractivity contribution >= 4 is 17.3 Å². The van der Waals surface area contributed by atoms with E-state index in [-0.39, 0.29) is 0 Å². The Labute approximate surface area is 103 Å². The highest BCUT2D eigenvalue weighted by Gasteiger charge is 2.30. The van der Waals surface area contributed by atoms with E-state index in [1.165, 1.54) is 24.1 Å². The predicted molar refractivity (Wildman–Crippen MR) is 70.3 cm³/mol. The lowest BCUT2D eigenvalue weighted by atomic mass is 10.1. The summed E-state index contributed by atoms with van der Waals surface area (Å²) >= 11 is 6.34. The van der Waals surface area contributed by atoms with Gasteiger partial charge in [0.2, 0.25) is 0 Å². The van der Waals surface area contributed by atoms with Crippen molar-refractivity contribution in [1.82, 2.24) is 5.32 Å². The first kappa shape index (κ1) is 11.7. The van der Waals surface area contributed by atoms with Gasteiger partial charge in [0.15, 0.2) is 0 Å². The van der Waals surface area contributed by atoms with Gasteiger partial charge in [-0.25, -0.2) is 0 Å². The van der Waals surface area contributed by atoms with Gasteiger partial charge in [0.1, 0.15) is 0 Å². The van der Waals surface area contributed by atoms with Gasteiger partial charge < -0.3 is 10.2 Å². The van der Waals surface area contributed by atoms with E-state index in [1.807, 2.05) is 19.2 Å². The first-order chi connectivity index (χ1) is 7.77. The Morgan fingerprint density at radius 1 is 1.44 bits per heavy atom. The Balaban J connectivity index is 2.34. The van der Waals surface area contributed by atoms with E-state index in [0.29, 0.717) is 6.04 Å². The van der Waals surface area contributed by atoms with E-state index < -0.39 is 0 Å². The average molecular weight is 239 g/mol. The Hall–Kier alpha value is -0.730. The van der Waals surface area contributed by atoms with Gasteiger partial charge in [0.25, 0.3) is 0 Å². The van der Waals surface area contributed by atoms with Crippen LogP contribution in [0.15, 0.2) is 18.2 Å². The number of hydrogen-bond donors (Lipinski definition) is 1. The Morgan fingerprint density at radius 2 is 2.19 bits per heavy atom. The van der Waals surface area contributed by atoms with Crippen LogP contribution < -0.4 is 10.2 Å². The SMILES string of the molecule is CCN(c1c(Cl)cccc1CNC)C1CC1. The summed E-state index contributed by atoms with van der Waals surface area (Å²) < 4.78 is 0. The van der Waals surface area contributed by atoms with Crippen LogP contribution in [0.25, 0.3) is 0 Å². The maximum Gasteiger partial charge on any atom is 0.0643 e. The van der Waals surface area contributed by atoms with Crippen molar-refractivity contribution in [3.05, 3.63) is 28.8 Å². The van der Waals surface area contributed by atoms with Crippen LogP contribution in [0.5, 0.6) is 0 Å². The third-order valence-electron chi connectivity index (χ3n) is 3.05. The molecule has 0 atom stereocenters. The summed E-state index contributed by atoms with van der Waals surface area (Å²) in [5.74, 6) is 0. The van der Waals surface area contributed by atoms with Crippen LogP contribution in [-0.4, -0.2) is 19.6 Å². The van der Waals surface area contributed by atoms with Crippen molar-refractivity contribution < 1.29 is 0 Å². The molecule has 1 aliphatic carbocycles. The molecule has 1 fully saturated rings. The van der Waals surface area contributed by atoms with Crippen molar-refractivity contribution in [1.29, 1.82) is 0 Å². The Morgan fingerprint density at radius 3 is 2.75 bits per heavy atom. The minimum atomic E-state index is 0.709.